The summed E-state index contributed by atoms with van der Waals surface area (Å²) in [5.74, 6) is 0. The fourth-order valence-corrected chi connectivity index (χ4v) is 0.361. The fraction of sp³-hybridized carbons (Fsp3) is 1.00. The van der Waals surface area contributed by atoms with E-state index in [0.29, 0.717) is 0 Å². The van der Waals surface area contributed by atoms with E-state index in [4.69, 9.17) is 4.84 Å². The first-order valence-corrected chi connectivity index (χ1v) is 1.85. The lowest BCUT2D eigenvalue weighted by atomic mass is 10.5. The first-order valence-electron chi connectivity index (χ1n) is 1.85. The van der Waals surface area contributed by atoms with Crippen molar-refractivity contribution in [1.29, 1.82) is 0 Å². The van der Waals surface area contributed by atoms with Crippen molar-refractivity contribution in [3.8, 4) is 0 Å². The molecule has 3 heteroatoms. The molecule has 1 N–H and O–H groups in total. The quantitative estimate of drug-likeness (QED) is 0.400. The van der Waals surface area contributed by atoms with Crippen LogP contribution >= 0.6 is 0 Å². The lowest BCUT2D eigenvalue weighted by Crippen LogP contribution is -2.01. The van der Waals surface area contributed by atoms with Gasteiger partial charge >= 0.3 is 0 Å². The highest BCUT2D eigenvalue weighted by Crippen LogP contribution is 1.83. The Hall–Kier alpha value is -0.0151. The van der Waals surface area contributed by atoms with Gasteiger partial charge in [0.25, 0.3) is 0 Å². The number of hydrogen-bond acceptors (Lipinski definition) is 2. The molecule has 0 saturated carbocycles. The Balaban J connectivity index is 0.000000250. The monoisotopic (exact) mass is 84.1 g/mol. The fourth-order valence-electron chi connectivity index (χ4n) is 0.361. The van der Waals surface area contributed by atoms with Gasteiger partial charge in [0.1, 0.15) is 0 Å². The third-order valence-corrected chi connectivity index (χ3v) is 0.627. The van der Waals surface area contributed by atoms with Crippen LogP contribution in [0, 0.1) is 0 Å². The lowest BCUT2D eigenvalue weighted by molar-refractivity contribution is 0.103. The molecule has 0 aromatic carbocycles. The number of hydrogen-bond donors (Lipinski definition) is 1. The van der Waals surface area contributed by atoms with Gasteiger partial charge in [0.15, 0.2) is 0 Å². The molecule has 0 aromatic rings. The Bertz CT molecular complexity index is 22.4. The summed E-state index contributed by atoms with van der Waals surface area (Å²) in [6, 6.07) is 0. The molecule has 6 heavy (non-hydrogen) atoms. The van der Waals surface area contributed by atoms with Crippen molar-refractivity contribution in [2.24, 2.45) is 0 Å². The maximum absolute atomic E-state index is 4.69. The zero-order valence-electron chi connectivity index (χ0n) is 3.61. The van der Waals surface area contributed by atoms with Crippen molar-refractivity contribution in [2.75, 3.05) is 13.2 Å². The Morgan fingerprint density at radius 3 is 2.50 bits per heavy atom. The molecule has 0 aromatic heterocycles. The molecule has 1 saturated heterocycles. The van der Waals surface area contributed by atoms with Crippen molar-refractivity contribution in [3.63, 3.8) is 0 Å². The van der Waals surface area contributed by atoms with Crippen LogP contribution in [0.5, 0.6) is 0 Å². The van der Waals surface area contributed by atoms with Crippen LogP contribution in [0.2, 0.25) is 0 Å². The standard InChI is InChI=1S/C3H7NO.B/c1-2-4-5-3-1;/h4H,1-3H2;. The van der Waals surface area contributed by atoms with E-state index in [-0.39, 0.29) is 8.41 Å². The van der Waals surface area contributed by atoms with E-state index in [1.54, 1.807) is 0 Å². The molecule has 33 valence electrons. The van der Waals surface area contributed by atoms with E-state index in [1.165, 1.54) is 6.42 Å². The molecule has 0 atom stereocenters. The van der Waals surface area contributed by atoms with Crippen molar-refractivity contribution in [2.45, 2.75) is 6.42 Å². The van der Waals surface area contributed by atoms with Crippen LogP contribution in [0.25, 0.3) is 0 Å². The predicted molar refractivity (Wildman–Crippen MR) is 24.3 cm³/mol. The van der Waals surface area contributed by atoms with Crippen molar-refractivity contribution in [1.82, 2.24) is 5.48 Å². The van der Waals surface area contributed by atoms with E-state index in [2.05, 4.69) is 5.48 Å². The first-order chi connectivity index (χ1) is 2.50. The molecule has 0 spiro atoms. The Kier molecular flexibility index (Phi) is 3.18. The van der Waals surface area contributed by atoms with Gasteiger partial charge in [-0.05, 0) is 6.42 Å². The second-order valence-electron chi connectivity index (χ2n) is 1.10. The summed E-state index contributed by atoms with van der Waals surface area (Å²) in [4.78, 5) is 4.69. The van der Waals surface area contributed by atoms with Gasteiger partial charge in [0, 0.05) is 15.0 Å². The van der Waals surface area contributed by atoms with E-state index in [0.717, 1.165) is 13.2 Å². The first kappa shape index (κ1) is 5.98. The molecule has 3 radical (unpaired) electrons. The molecule has 1 fully saturated rings. The van der Waals surface area contributed by atoms with Gasteiger partial charge in [-0.2, -0.15) is 0 Å². The van der Waals surface area contributed by atoms with Gasteiger partial charge in [0.05, 0.1) is 6.61 Å². The molecular formula is C3H7BNO. The smallest absolute Gasteiger partial charge is 0.0695 e. The summed E-state index contributed by atoms with van der Waals surface area (Å²) < 4.78 is 0. The van der Waals surface area contributed by atoms with E-state index in [1.807, 2.05) is 0 Å². The molecule has 1 heterocycles. The molecule has 1 aliphatic heterocycles. The topological polar surface area (TPSA) is 21.3 Å². The van der Waals surface area contributed by atoms with Crippen LogP contribution < -0.4 is 5.48 Å². The zero-order chi connectivity index (χ0) is 3.54. The minimum Gasteiger partial charge on any atom is -0.302 e. The minimum atomic E-state index is 0. The second-order valence-corrected chi connectivity index (χ2v) is 1.10. The third-order valence-electron chi connectivity index (χ3n) is 0.627. The molecule has 1 rings (SSSR count). The molecule has 0 bridgehead atoms. The second kappa shape index (κ2) is 3.19. The van der Waals surface area contributed by atoms with Gasteiger partial charge in [-0.1, -0.05) is 0 Å². The van der Waals surface area contributed by atoms with Crippen LogP contribution in [-0.4, -0.2) is 21.6 Å². The SMILES string of the molecule is C1CNOC1.[B]. The molecule has 2 nitrogen and oxygen atoms in total. The summed E-state index contributed by atoms with van der Waals surface area (Å²) in [7, 11) is 0. The van der Waals surface area contributed by atoms with Crippen LogP contribution in [0.4, 0.5) is 0 Å². The Morgan fingerprint density at radius 1 is 1.50 bits per heavy atom. The van der Waals surface area contributed by atoms with Crippen molar-refractivity contribution < 1.29 is 4.84 Å². The molecule has 0 amide bonds. The van der Waals surface area contributed by atoms with Gasteiger partial charge in [-0.3, -0.25) is 0 Å². The van der Waals surface area contributed by atoms with E-state index >= 15 is 0 Å². The minimum absolute atomic E-state index is 0. The molecule has 0 aliphatic carbocycles. The average molecular weight is 83.9 g/mol. The highest BCUT2D eigenvalue weighted by molar-refractivity contribution is 5.75. The van der Waals surface area contributed by atoms with Crippen LogP contribution in [0.1, 0.15) is 6.42 Å². The number of hydroxylamine groups is 1. The molecule has 0 unspecified atom stereocenters. The summed E-state index contributed by atoms with van der Waals surface area (Å²) in [6.07, 6.45) is 1.17. The maximum atomic E-state index is 4.69. The van der Waals surface area contributed by atoms with E-state index < -0.39 is 0 Å². The van der Waals surface area contributed by atoms with Gasteiger partial charge in [-0.25, -0.2) is 5.48 Å². The average Bonchev–Trinajstić information content (AvgIpc) is 1.76. The van der Waals surface area contributed by atoms with Gasteiger partial charge in [0.2, 0.25) is 0 Å². The van der Waals surface area contributed by atoms with Crippen LogP contribution in [0.3, 0.4) is 0 Å². The Labute approximate surface area is 39.4 Å². The highest BCUT2D eigenvalue weighted by Gasteiger charge is 1.93. The summed E-state index contributed by atoms with van der Waals surface area (Å²) in [5.41, 5.74) is 2.72. The zero-order valence-corrected chi connectivity index (χ0v) is 3.61. The molecule has 1 aliphatic rings. The van der Waals surface area contributed by atoms with Gasteiger partial charge in [-0.15, -0.1) is 0 Å². The normalized spacial score (nSPS) is 20.0. The third kappa shape index (κ3) is 1.43. The molecular weight excluding hydrogens is 76.9 g/mol. The Morgan fingerprint density at radius 2 is 2.33 bits per heavy atom. The lowest BCUT2D eigenvalue weighted by Gasteiger charge is -1.80. The predicted octanol–water partition coefficient (Wildman–Crippen LogP) is -0.470. The highest BCUT2D eigenvalue weighted by atomic mass is 16.6. The maximum Gasteiger partial charge on any atom is 0.0695 e. The largest absolute Gasteiger partial charge is 0.302 e. The van der Waals surface area contributed by atoms with Crippen molar-refractivity contribution in [3.05, 3.63) is 0 Å². The van der Waals surface area contributed by atoms with Crippen LogP contribution in [-0.2, 0) is 4.84 Å². The number of nitrogens with one attached hydrogen (secondary N) is 1. The van der Waals surface area contributed by atoms with E-state index in [9.17, 15) is 0 Å². The number of rotatable bonds is 0. The van der Waals surface area contributed by atoms with Crippen molar-refractivity contribution >= 4 is 8.41 Å². The summed E-state index contributed by atoms with van der Waals surface area (Å²) in [6.45, 7) is 1.92. The summed E-state index contributed by atoms with van der Waals surface area (Å²) >= 11 is 0. The van der Waals surface area contributed by atoms with Gasteiger partial charge < -0.3 is 4.84 Å². The van der Waals surface area contributed by atoms with Crippen LogP contribution in [0.15, 0.2) is 0 Å². The summed E-state index contributed by atoms with van der Waals surface area (Å²) in [5, 5.41) is 0.